The van der Waals surface area contributed by atoms with Gasteiger partial charge in [0.15, 0.2) is 0 Å². The van der Waals surface area contributed by atoms with Gasteiger partial charge in [-0.25, -0.2) is 4.98 Å². The van der Waals surface area contributed by atoms with Crippen molar-refractivity contribution in [3.05, 3.63) is 30.1 Å². The second-order valence-corrected chi connectivity index (χ2v) is 4.57. The molecule has 0 aliphatic rings. The SMILES string of the molecule is COC(=O)CCc1nc2ccccc2n1CCC(=O)OC. The first-order valence-electron chi connectivity index (χ1n) is 6.73. The van der Waals surface area contributed by atoms with Gasteiger partial charge in [-0.3, -0.25) is 9.59 Å². The van der Waals surface area contributed by atoms with Gasteiger partial charge in [-0.2, -0.15) is 0 Å². The number of hydrogen-bond acceptors (Lipinski definition) is 5. The van der Waals surface area contributed by atoms with Gasteiger partial charge in [0.05, 0.1) is 38.1 Å². The van der Waals surface area contributed by atoms with E-state index in [9.17, 15) is 9.59 Å². The number of fused-ring (bicyclic) bond motifs is 1. The minimum atomic E-state index is -0.276. The first-order chi connectivity index (χ1) is 10.2. The fraction of sp³-hybridized carbons (Fsp3) is 0.400. The Bertz CT molecular complexity index is 648. The highest BCUT2D eigenvalue weighted by molar-refractivity contribution is 5.77. The third-order valence-corrected chi connectivity index (χ3v) is 3.28. The molecule has 0 radical (unpaired) electrons. The molecule has 0 amide bonds. The molecule has 0 aliphatic carbocycles. The summed E-state index contributed by atoms with van der Waals surface area (Å²) in [6.45, 7) is 0.476. The lowest BCUT2D eigenvalue weighted by atomic mass is 10.3. The standard InChI is InChI=1S/C15H18N2O4/c1-20-14(18)8-7-13-16-11-5-3-4-6-12(11)17(13)10-9-15(19)21-2/h3-6H,7-10H2,1-2H3. The summed E-state index contributed by atoms with van der Waals surface area (Å²) in [6, 6.07) is 7.68. The number of ether oxygens (including phenoxy) is 2. The van der Waals surface area contributed by atoms with Crippen LogP contribution in [0.5, 0.6) is 0 Å². The van der Waals surface area contributed by atoms with Gasteiger partial charge in [-0.15, -0.1) is 0 Å². The number of rotatable bonds is 6. The molecule has 6 nitrogen and oxygen atoms in total. The van der Waals surface area contributed by atoms with E-state index in [0.29, 0.717) is 13.0 Å². The second-order valence-electron chi connectivity index (χ2n) is 4.57. The first kappa shape index (κ1) is 15.0. The molecule has 112 valence electrons. The molecule has 6 heteroatoms. The summed E-state index contributed by atoms with van der Waals surface area (Å²) in [6.07, 6.45) is 1.00. The third kappa shape index (κ3) is 3.59. The number of benzene rings is 1. The van der Waals surface area contributed by atoms with Crippen LogP contribution in [-0.2, 0) is 32.0 Å². The predicted molar refractivity (Wildman–Crippen MR) is 76.7 cm³/mol. The van der Waals surface area contributed by atoms with Gasteiger partial charge >= 0.3 is 11.9 Å². The maximum absolute atomic E-state index is 11.3. The highest BCUT2D eigenvalue weighted by atomic mass is 16.5. The van der Waals surface area contributed by atoms with Crippen molar-refractivity contribution in [1.82, 2.24) is 9.55 Å². The minimum absolute atomic E-state index is 0.262. The molecule has 0 unspecified atom stereocenters. The zero-order chi connectivity index (χ0) is 15.2. The Balaban J connectivity index is 2.25. The normalized spacial score (nSPS) is 10.6. The van der Waals surface area contributed by atoms with Crippen molar-refractivity contribution in [2.45, 2.75) is 25.8 Å². The topological polar surface area (TPSA) is 70.4 Å². The molecule has 2 rings (SSSR count). The second kappa shape index (κ2) is 6.88. The lowest BCUT2D eigenvalue weighted by molar-refractivity contribution is -0.141. The molecule has 0 N–H and O–H groups in total. The maximum atomic E-state index is 11.3. The molecule has 1 heterocycles. The number of carbonyl (C=O) groups is 2. The van der Waals surface area contributed by atoms with Crippen LogP contribution in [0.3, 0.4) is 0 Å². The molecule has 0 spiro atoms. The molecule has 2 aromatic rings. The van der Waals surface area contributed by atoms with E-state index >= 15 is 0 Å². The average Bonchev–Trinajstić information content (AvgIpc) is 2.87. The van der Waals surface area contributed by atoms with Crippen molar-refractivity contribution in [2.75, 3.05) is 14.2 Å². The minimum Gasteiger partial charge on any atom is -0.469 e. The number of aromatic nitrogens is 2. The van der Waals surface area contributed by atoms with E-state index in [0.717, 1.165) is 16.9 Å². The molecule has 1 aromatic carbocycles. The molecule has 21 heavy (non-hydrogen) atoms. The Morgan fingerprint density at radius 3 is 2.48 bits per heavy atom. The van der Waals surface area contributed by atoms with Crippen LogP contribution in [0.15, 0.2) is 24.3 Å². The Morgan fingerprint density at radius 2 is 1.76 bits per heavy atom. The lowest BCUT2D eigenvalue weighted by Gasteiger charge is -2.08. The monoisotopic (exact) mass is 290 g/mol. The van der Waals surface area contributed by atoms with Crippen LogP contribution in [0.4, 0.5) is 0 Å². The number of aryl methyl sites for hydroxylation is 2. The van der Waals surface area contributed by atoms with Crippen LogP contribution >= 0.6 is 0 Å². The van der Waals surface area contributed by atoms with Crippen LogP contribution in [0.25, 0.3) is 11.0 Å². The van der Waals surface area contributed by atoms with E-state index in [-0.39, 0.29) is 24.8 Å². The molecular weight excluding hydrogens is 272 g/mol. The third-order valence-electron chi connectivity index (χ3n) is 3.28. The highest BCUT2D eigenvalue weighted by Gasteiger charge is 2.13. The number of imidazole rings is 1. The number of methoxy groups -OCH3 is 2. The Hall–Kier alpha value is -2.37. The zero-order valence-electron chi connectivity index (χ0n) is 12.2. The van der Waals surface area contributed by atoms with E-state index in [1.165, 1.54) is 14.2 Å². The molecule has 0 saturated heterocycles. The molecule has 0 atom stereocenters. The number of esters is 2. The van der Waals surface area contributed by atoms with Gasteiger partial charge in [0.25, 0.3) is 0 Å². The zero-order valence-corrected chi connectivity index (χ0v) is 12.2. The summed E-state index contributed by atoms with van der Waals surface area (Å²) in [5.41, 5.74) is 1.79. The quantitative estimate of drug-likeness (QED) is 0.757. The van der Waals surface area contributed by atoms with Gasteiger partial charge in [0.1, 0.15) is 5.82 Å². The Morgan fingerprint density at radius 1 is 1.10 bits per heavy atom. The largest absolute Gasteiger partial charge is 0.469 e. The van der Waals surface area contributed by atoms with Crippen molar-refractivity contribution in [3.63, 3.8) is 0 Å². The van der Waals surface area contributed by atoms with Crippen molar-refractivity contribution >= 4 is 23.0 Å². The molecule has 0 fully saturated rings. The summed E-state index contributed by atoms with van der Waals surface area (Å²) >= 11 is 0. The van der Waals surface area contributed by atoms with E-state index < -0.39 is 0 Å². The number of nitrogens with zero attached hydrogens (tertiary/aromatic N) is 2. The number of para-hydroxylation sites is 2. The van der Waals surface area contributed by atoms with E-state index in [1.54, 1.807) is 0 Å². The lowest BCUT2D eigenvalue weighted by Crippen LogP contribution is -2.11. The summed E-state index contributed by atoms with van der Waals surface area (Å²) < 4.78 is 11.3. The highest BCUT2D eigenvalue weighted by Crippen LogP contribution is 2.18. The fourth-order valence-corrected chi connectivity index (χ4v) is 2.19. The average molecular weight is 290 g/mol. The van der Waals surface area contributed by atoms with Crippen molar-refractivity contribution in [3.8, 4) is 0 Å². The smallest absolute Gasteiger partial charge is 0.307 e. The summed E-state index contributed by atoms with van der Waals surface area (Å²) in [5.74, 6) is 0.221. The van der Waals surface area contributed by atoms with Crippen LogP contribution in [0.1, 0.15) is 18.7 Å². The van der Waals surface area contributed by atoms with Gasteiger partial charge in [0, 0.05) is 13.0 Å². The predicted octanol–water partition coefficient (Wildman–Crippen LogP) is 1.70. The molecule has 0 aliphatic heterocycles. The Kier molecular flexibility index (Phi) is 4.92. The van der Waals surface area contributed by atoms with Crippen LogP contribution in [0.2, 0.25) is 0 Å². The van der Waals surface area contributed by atoms with Crippen molar-refractivity contribution in [2.24, 2.45) is 0 Å². The van der Waals surface area contributed by atoms with Gasteiger partial charge in [0.2, 0.25) is 0 Å². The van der Waals surface area contributed by atoms with Gasteiger partial charge < -0.3 is 14.0 Å². The van der Waals surface area contributed by atoms with Crippen LogP contribution in [0, 0.1) is 0 Å². The summed E-state index contributed by atoms with van der Waals surface area (Å²) in [4.78, 5) is 27.2. The molecule has 0 bridgehead atoms. The summed E-state index contributed by atoms with van der Waals surface area (Å²) in [7, 11) is 2.73. The van der Waals surface area contributed by atoms with Gasteiger partial charge in [-0.05, 0) is 12.1 Å². The van der Waals surface area contributed by atoms with Crippen LogP contribution < -0.4 is 0 Å². The summed E-state index contributed by atoms with van der Waals surface area (Å²) in [5, 5.41) is 0. The number of hydrogen-bond donors (Lipinski definition) is 0. The van der Waals surface area contributed by atoms with E-state index in [1.807, 2.05) is 28.8 Å². The van der Waals surface area contributed by atoms with Crippen molar-refractivity contribution < 1.29 is 19.1 Å². The number of carbonyl (C=O) groups excluding carboxylic acids is 2. The molecule has 1 aromatic heterocycles. The van der Waals surface area contributed by atoms with Gasteiger partial charge in [-0.1, -0.05) is 12.1 Å². The van der Waals surface area contributed by atoms with E-state index in [4.69, 9.17) is 0 Å². The molecule has 0 saturated carbocycles. The van der Waals surface area contributed by atoms with Crippen molar-refractivity contribution in [1.29, 1.82) is 0 Å². The van der Waals surface area contributed by atoms with E-state index in [2.05, 4.69) is 14.5 Å². The molecular formula is C15H18N2O4. The maximum Gasteiger partial charge on any atom is 0.307 e. The Labute approximate surface area is 122 Å². The van der Waals surface area contributed by atoms with Crippen LogP contribution in [-0.4, -0.2) is 35.7 Å². The first-order valence-corrected chi connectivity index (χ1v) is 6.73. The fourth-order valence-electron chi connectivity index (χ4n) is 2.19.